The van der Waals surface area contributed by atoms with Gasteiger partial charge in [0.1, 0.15) is 0 Å². The van der Waals surface area contributed by atoms with Gasteiger partial charge in [-0.3, -0.25) is 0 Å². The van der Waals surface area contributed by atoms with Crippen LogP contribution < -0.4 is 0 Å². The molecule has 0 aliphatic rings. The second-order valence-corrected chi connectivity index (χ2v) is 9.40. The van der Waals surface area contributed by atoms with Gasteiger partial charge < -0.3 is 0 Å². The van der Waals surface area contributed by atoms with Crippen molar-refractivity contribution in [3.8, 4) is 0 Å². The molecule has 0 amide bonds. The van der Waals surface area contributed by atoms with E-state index in [1.54, 1.807) is 0 Å². The summed E-state index contributed by atoms with van der Waals surface area (Å²) in [6.07, 6.45) is -11.1. The van der Waals surface area contributed by atoms with Crippen molar-refractivity contribution in [2.75, 3.05) is 0 Å². The highest BCUT2D eigenvalue weighted by Gasteiger charge is 2.72. The Bertz CT molecular complexity index is 752. The maximum absolute atomic E-state index is 14.2. The van der Waals surface area contributed by atoms with E-state index < -0.39 is 39.7 Å². The van der Waals surface area contributed by atoms with Gasteiger partial charge in [-0.2, -0.15) is 26.3 Å². The molecule has 0 bridgehead atoms. The van der Waals surface area contributed by atoms with E-state index in [2.05, 4.69) is 0 Å². The molecule has 0 saturated carbocycles. The summed E-state index contributed by atoms with van der Waals surface area (Å²) in [7, 11) is 0. The fourth-order valence-corrected chi connectivity index (χ4v) is 3.42. The molecule has 0 spiro atoms. The lowest BCUT2D eigenvalue weighted by Gasteiger charge is -2.39. The van der Waals surface area contributed by atoms with Crippen molar-refractivity contribution in [3.05, 3.63) is 70.8 Å². The summed E-state index contributed by atoms with van der Waals surface area (Å²) in [6, 6.07) is 9.13. The normalized spacial score (nSPS) is 14.2. The van der Waals surface area contributed by atoms with Crippen LogP contribution in [0.15, 0.2) is 48.5 Å². The van der Waals surface area contributed by atoms with Crippen LogP contribution in [0.3, 0.4) is 0 Å². The highest BCUT2D eigenvalue weighted by Crippen LogP contribution is 2.56. The van der Waals surface area contributed by atoms with Gasteiger partial charge in [0, 0.05) is 0 Å². The molecule has 0 fully saturated rings. The zero-order chi connectivity index (χ0) is 22.5. The number of benzene rings is 2. The van der Waals surface area contributed by atoms with E-state index in [9.17, 15) is 26.3 Å². The van der Waals surface area contributed by atoms with E-state index in [-0.39, 0.29) is 0 Å². The van der Waals surface area contributed by atoms with Crippen LogP contribution in [0.4, 0.5) is 26.3 Å². The van der Waals surface area contributed by atoms with Gasteiger partial charge in [0.2, 0.25) is 5.41 Å². The zero-order valence-corrected chi connectivity index (χ0v) is 17.4. The molecule has 0 N–H and O–H groups in total. The molecule has 0 atom stereocenters. The summed E-state index contributed by atoms with van der Waals surface area (Å²) in [5.41, 5.74) is -5.27. The summed E-state index contributed by atoms with van der Waals surface area (Å²) in [5.74, 6) is 0. The molecule has 0 radical (unpaired) electrons. The Labute approximate surface area is 167 Å². The molecule has 0 aromatic heterocycles. The summed E-state index contributed by atoms with van der Waals surface area (Å²) < 4.78 is 85.1. The monoisotopic (exact) mass is 416 g/mol. The second-order valence-electron chi connectivity index (χ2n) is 9.40. The first kappa shape index (κ1) is 23.3. The molecule has 2 rings (SSSR count). The lowest BCUT2D eigenvalue weighted by molar-refractivity contribution is -0.288. The molecule has 29 heavy (non-hydrogen) atoms. The summed E-state index contributed by atoms with van der Waals surface area (Å²) >= 11 is 0. The predicted molar refractivity (Wildman–Crippen MR) is 103 cm³/mol. The van der Waals surface area contributed by atoms with Gasteiger partial charge in [-0.25, -0.2) is 0 Å². The molecular weight excluding hydrogens is 390 g/mol. The molecule has 160 valence electrons. The lowest BCUT2D eigenvalue weighted by Crippen LogP contribution is -2.54. The Hall–Kier alpha value is -1.98. The van der Waals surface area contributed by atoms with E-state index in [0.29, 0.717) is 11.1 Å². The van der Waals surface area contributed by atoms with E-state index in [4.69, 9.17) is 0 Å². The third kappa shape index (κ3) is 4.17. The van der Waals surface area contributed by atoms with Crippen molar-refractivity contribution in [2.45, 2.75) is 70.1 Å². The van der Waals surface area contributed by atoms with Crippen LogP contribution in [0.5, 0.6) is 0 Å². The third-order valence-electron chi connectivity index (χ3n) is 5.22. The SMILES string of the molecule is CC(C)(C)c1ccc(C(c2ccc(C(C)(C)C)cc2)(C(F)(F)F)C(F)(F)F)cc1. The first-order valence-electron chi connectivity index (χ1n) is 9.28. The van der Waals surface area contributed by atoms with Crippen molar-refractivity contribution in [1.82, 2.24) is 0 Å². The number of rotatable bonds is 2. The van der Waals surface area contributed by atoms with Crippen molar-refractivity contribution in [1.29, 1.82) is 0 Å². The Kier molecular flexibility index (Phi) is 5.68. The maximum atomic E-state index is 14.2. The van der Waals surface area contributed by atoms with Crippen LogP contribution in [0.2, 0.25) is 0 Å². The van der Waals surface area contributed by atoms with Gasteiger partial charge in [0.15, 0.2) is 0 Å². The minimum atomic E-state index is -5.57. The van der Waals surface area contributed by atoms with E-state index in [1.807, 2.05) is 41.5 Å². The molecule has 0 nitrogen and oxygen atoms in total. The Balaban J connectivity index is 2.80. The van der Waals surface area contributed by atoms with Gasteiger partial charge >= 0.3 is 12.4 Å². The smallest absolute Gasteiger partial charge is 0.169 e. The second kappa shape index (κ2) is 7.06. The minimum Gasteiger partial charge on any atom is -0.169 e. The standard InChI is InChI=1S/C23H26F6/c1-19(2,3)15-7-11-17(12-8-15)21(22(24,25)26,23(27,28)29)18-13-9-16(10-14-18)20(4,5)6/h7-14H,1-6H3. The van der Waals surface area contributed by atoms with E-state index in [0.717, 1.165) is 24.3 Å². The predicted octanol–water partition coefficient (Wildman–Crippen LogP) is 7.69. The fraction of sp³-hybridized carbons (Fsp3) is 0.478. The van der Waals surface area contributed by atoms with Gasteiger partial charge in [-0.05, 0) is 33.1 Å². The highest BCUT2D eigenvalue weighted by atomic mass is 19.4. The molecule has 0 heterocycles. The maximum Gasteiger partial charge on any atom is 0.411 e. The topological polar surface area (TPSA) is 0 Å². The first-order valence-corrected chi connectivity index (χ1v) is 9.28. The molecular formula is C23H26F6. The summed E-state index contributed by atoms with van der Waals surface area (Å²) in [5, 5.41) is 0. The van der Waals surface area contributed by atoms with E-state index >= 15 is 0 Å². The summed E-state index contributed by atoms with van der Waals surface area (Å²) in [6.45, 7) is 11.0. The largest absolute Gasteiger partial charge is 0.411 e. The van der Waals surface area contributed by atoms with Crippen molar-refractivity contribution >= 4 is 0 Å². The van der Waals surface area contributed by atoms with Crippen molar-refractivity contribution in [2.24, 2.45) is 0 Å². The van der Waals surface area contributed by atoms with E-state index in [1.165, 1.54) is 24.3 Å². The number of hydrogen-bond donors (Lipinski definition) is 0. The number of halogens is 6. The van der Waals surface area contributed by atoms with Gasteiger partial charge in [-0.1, -0.05) is 90.1 Å². The Morgan fingerprint density at radius 2 is 0.621 bits per heavy atom. The van der Waals surface area contributed by atoms with Gasteiger partial charge in [-0.15, -0.1) is 0 Å². The van der Waals surface area contributed by atoms with Crippen LogP contribution in [-0.4, -0.2) is 12.4 Å². The molecule has 2 aromatic rings. The van der Waals surface area contributed by atoms with Gasteiger partial charge in [0.25, 0.3) is 0 Å². The van der Waals surface area contributed by atoms with Crippen LogP contribution in [-0.2, 0) is 16.2 Å². The molecule has 0 aliphatic heterocycles. The average Bonchev–Trinajstić information content (AvgIpc) is 2.52. The Morgan fingerprint density at radius 1 is 0.414 bits per heavy atom. The average molecular weight is 416 g/mol. The number of alkyl halides is 6. The Morgan fingerprint density at radius 3 is 0.793 bits per heavy atom. The van der Waals surface area contributed by atoms with Crippen LogP contribution in [0.1, 0.15) is 63.8 Å². The van der Waals surface area contributed by atoms with Crippen molar-refractivity contribution < 1.29 is 26.3 Å². The lowest BCUT2D eigenvalue weighted by atomic mass is 9.71. The minimum absolute atomic E-state index is 0.397. The molecule has 6 heteroatoms. The van der Waals surface area contributed by atoms with Crippen LogP contribution in [0, 0.1) is 0 Å². The molecule has 2 aromatic carbocycles. The quantitative estimate of drug-likeness (QED) is 0.440. The molecule has 0 aliphatic carbocycles. The third-order valence-corrected chi connectivity index (χ3v) is 5.22. The molecule has 0 unspecified atom stereocenters. The number of hydrogen-bond acceptors (Lipinski definition) is 0. The van der Waals surface area contributed by atoms with Crippen molar-refractivity contribution in [3.63, 3.8) is 0 Å². The fourth-order valence-electron chi connectivity index (χ4n) is 3.42. The first-order chi connectivity index (χ1) is 12.9. The summed E-state index contributed by atoms with van der Waals surface area (Å²) in [4.78, 5) is 0. The zero-order valence-electron chi connectivity index (χ0n) is 17.4. The van der Waals surface area contributed by atoms with Crippen LogP contribution in [0.25, 0.3) is 0 Å². The van der Waals surface area contributed by atoms with Crippen LogP contribution >= 0.6 is 0 Å². The molecule has 0 saturated heterocycles. The highest BCUT2D eigenvalue weighted by molar-refractivity contribution is 5.46. The van der Waals surface area contributed by atoms with Gasteiger partial charge in [0.05, 0.1) is 0 Å².